The molecule has 0 bridgehead atoms. The van der Waals surface area contributed by atoms with Crippen molar-refractivity contribution in [1.29, 1.82) is 0 Å². The predicted molar refractivity (Wildman–Crippen MR) is 230 cm³/mol. The summed E-state index contributed by atoms with van der Waals surface area (Å²) in [4.78, 5) is 2.58. The summed E-state index contributed by atoms with van der Waals surface area (Å²) in [5.74, 6) is -0.232. The van der Waals surface area contributed by atoms with Gasteiger partial charge in [-0.3, -0.25) is 0 Å². The van der Waals surface area contributed by atoms with Crippen molar-refractivity contribution in [2.45, 2.75) is 15.2 Å². The summed E-state index contributed by atoms with van der Waals surface area (Å²) in [5, 5.41) is 10.0. The second-order valence-corrected chi connectivity index (χ2v) is 15.5. The molecule has 0 saturated heterocycles. The largest absolute Gasteiger partial charge is 0.207 e. The zero-order valence-corrected chi connectivity index (χ0v) is 30.7. The average molecular weight is 721 g/mol. The van der Waals surface area contributed by atoms with Crippen LogP contribution < -0.4 is 0 Å². The van der Waals surface area contributed by atoms with Gasteiger partial charge in [-0.1, -0.05) is 200 Å². The first-order valence-corrected chi connectivity index (χ1v) is 19.6. The highest BCUT2D eigenvalue weighted by Crippen LogP contribution is 2.62. The van der Waals surface area contributed by atoms with Crippen molar-refractivity contribution in [3.8, 4) is 22.3 Å². The van der Waals surface area contributed by atoms with Crippen LogP contribution in [0.5, 0.6) is 0 Å². The van der Waals surface area contributed by atoms with Gasteiger partial charge in [0.1, 0.15) is 5.82 Å². The maximum atomic E-state index is 14.0. The van der Waals surface area contributed by atoms with Gasteiger partial charge >= 0.3 is 0 Å². The van der Waals surface area contributed by atoms with Crippen LogP contribution in [0.15, 0.2) is 210 Å². The van der Waals surface area contributed by atoms with E-state index in [4.69, 9.17) is 0 Å². The lowest BCUT2D eigenvalue weighted by atomic mass is 9.62. The Balaban J connectivity index is 1.35. The maximum absolute atomic E-state index is 14.0. The molecule has 0 aromatic heterocycles. The molecule has 0 N–H and O–H groups in total. The molecule has 0 amide bonds. The van der Waals surface area contributed by atoms with Crippen molar-refractivity contribution < 1.29 is 4.39 Å². The number of benzene rings is 10. The van der Waals surface area contributed by atoms with Crippen LogP contribution in [0.4, 0.5) is 4.39 Å². The van der Waals surface area contributed by atoms with E-state index in [0.717, 1.165) is 11.1 Å². The maximum Gasteiger partial charge on any atom is 0.123 e. The molecule has 258 valence electrons. The number of rotatable bonds is 4. The topological polar surface area (TPSA) is 0 Å². The lowest BCUT2D eigenvalue weighted by molar-refractivity contribution is 0.628. The SMILES string of the molecule is Fc1ccc(-c2ccc(C3(c4ccc(-c5ccccc5)cc4)c4c(c5ccccc5c5ccccc45)Sc4c3c3ccccc3c3ccccc43)cc2)cc1. The van der Waals surface area contributed by atoms with E-state index in [9.17, 15) is 4.39 Å². The van der Waals surface area contributed by atoms with Gasteiger partial charge in [-0.25, -0.2) is 4.39 Å². The highest BCUT2D eigenvalue weighted by molar-refractivity contribution is 8.00. The van der Waals surface area contributed by atoms with Gasteiger partial charge in [0.25, 0.3) is 0 Å². The molecule has 0 fully saturated rings. The summed E-state index contributed by atoms with van der Waals surface area (Å²) in [6.07, 6.45) is 0. The Morgan fingerprint density at radius 3 is 1.02 bits per heavy atom. The van der Waals surface area contributed by atoms with E-state index in [1.807, 2.05) is 23.9 Å². The van der Waals surface area contributed by atoms with Gasteiger partial charge in [0.05, 0.1) is 5.41 Å². The lowest BCUT2D eigenvalue weighted by Crippen LogP contribution is -2.35. The first-order valence-electron chi connectivity index (χ1n) is 18.8. The standard InChI is InChI=1S/C53H33FS/c54-40-32-26-37(27-33-40)36-24-30-39(31-25-36)53(38-28-22-35(23-29-38)34-12-2-1-3-13-34)49-45-18-8-4-14-41(45)43-16-6-10-20-47(43)51(49)55-52-48-21-11-7-17-44(48)42-15-5-9-19-46(42)50(52)53/h1-33H. The highest BCUT2D eigenvalue weighted by atomic mass is 32.2. The van der Waals surface area contributed by atoms with E-state index in [2.05, 4.69) is 176 Å². The molecule has 2 heteroatoms. The molecule has 10 aromatic carbocycles. The Bertz CT molecular complexity index is 2970. The van der Waals surface area contributed by atoms with Gasteiger partial charge in [0.2, 0.25) is 0 Å². The highest BCUT2D eigenvalue weighted by Gasteiger charge is 2.48. The molecule has 11 rings (SSSR count). The van der Waals surface area contributed by atoms with E-state index in [1.54, 1.807) is 12.1 Å². The molecular weight excluding hydrogens is 688 g/mol. The molecule has 0 saturated carbocycles. The summed E-state index contributed by atoms with van der Waals surface area (Å²) in [5.41, 5.74) is 8.71. The second-order valence-electron chi connectivity index (χ2n) is 14.5. The quantitative estimate of drug-likeness (QED) is 0.163. The Morgan fingerprint density at radius 1 is 0.291 bits per heavy atom. The van der Waals surface area contributed by atoms with Crippen LogP contribution in [0.1, 0.15) is 22.3 Å². The summed E-state index contributed by atoms with van der Waals surface area (Å²) >= 11 is 1.93. The van der Waals surface area contributed by atoms with Crippen molar-refractivity contribution >= 4 is 54.9 Å². The molecule has 55 heavy (non-hydrogen) atoms. The van der Waals surface area contributed by atoms with Gasteiger partial charge in [-0.05, 0) is 99.7 Å². The molecule has 0 unspecified atom stereocenters. The summed E-state index contributed by atoms with van der Waals surface area (Å²) in [7, 11) is 0. The minimum absolute atomic E-state index is 0.232. The monoisotopic (exact) mass is 720 g/mol. The third kappa shape index (κ3) is 4.78. The van der Waals surface area contributed by atoms with Crippen LogP contribution in [-0.2, 0) is 5.41 Å². The van der Waals surface area contributed by atoms with Gasteiger partial charge in [-0.2, -0.15) is 0 Å². The van der Waals surface area contributed by atoms with Crippen molar-refractivity contribution in [3.05, 3.63) is 228 Å². The van der Waals surface area contributed by atoms with Crippen LogP contribution in [0.25, 0.3) is 65.3 Å². The van der Waals surface area contributed by atoms with Gasteiger partial charge in [0.15, 0.2) is 0 Å². The van der Waals surface area contributed by atoms with Crippen LogP contribution in [0.2, 0.25) is 0 Å². The molecule has 1 heterocycles. The van der Waals surface area contributed by atoms with Gasteiger partial charge in [0, 0.05) is 9.79 Å². The second kappa shape index (κ2) is 12.6. The molecule has 0 radical (unpaired) electrons. The van der Waals surface area contributed by atoms with E-state index in [1.165, 1.54) is 86.3 Å². The molecule has 0 aliphatic carbocycles. The molecule has 0 atom stereocenters. The van der Waals surface area contributed by atoms with Crippen LogP contribution in [-0.4, -0.2) is 0 Å². The van der Waals surface area contributed by atoms with E-state index >= 15 is 0 Å². The molecule has 0 spiro atoms. The number of hydrogen-bond acceptors (Lipinski definition) is 1. The lowest BCUT2D eigenvalue weighted by Gasteiger charge is -2.44. The Hall–Kier alpha value is -6.48. The fraction of sp³-hybridized carbons (Fsp3) is 0.0189. The van der Waals surface area contributed by atoms with E-state index in [-0.39, 0.29) is 5.82 Å². The Kier molecular flexibility index (Phi) is 7.30. The first-order chi connectivity index (χ1) is 27.2. The minimum Gasteiger partial charge on any atom is -0.207 e. The third-order valence-electron chi connectivity index (χ3n) is 11.6. The van der Waals surface area contributed by atoms with Gasteiger partial charge in [-0.15, -0.1) is 0 Å². The number of fused-ring (bicyclic) bond motifs is 12. The zero-order valence-electron chi connectivity index (χ0n) is 29.8. The first kappa shape index (κ1) is 32.0. The van der Waals surface area contributed by atoms with Crippen LogP contribution in [0, 0.1) is 5.82 Å². The van der Waals surface area contributed by atoms with Crippen molar-refractivity contribution in [2.24, 2.45) is 0 Å². The van der Waals surface area contributed by atoms with Crippen LogP contribution >= 0.6 is 11.8 Å². The Labute approximate surface area is 323 Å². The minimum atomic E-state index is -0.722. The van der Waals surface area contributed by atoms with Gasteiger partial charge < -0.3 is 0 Å². The molecule has 1 aliphatic rings. The van der Waals surface area contributed by atoms with Crippen molar-refractivity contribution in [1.82, 2.24) is 0 Å². The van der Waals surface area contributed by atoms with Crippen molar-refractivity contribution in [2.75, 3.05) is 0 Å². The number of hydrogen-bond donors (Lipinski definition) is 0. The van der Waals surface area contributed by atoms with Crippen LogP contribution in [0.3, 0.4) is 0 Å². The number of halogens is 1. The molecule has 0 nitrogen and oxygen atoms in total. The normalized spacial score (nSPS) is 13.3. The average Bonchev–Trinajstić information content (AvgIpc) is 3.26. The predicted octanol–water partition coefficient (Wildman–Crippen LogP) is 14.6. The zero-order chi connectivity index (χ0) is 36.5. The van der Waals surface area contributed by atoms with E-state index in [0.29, 0.717) is 0 Å². The third-order valence-corrected chi connectivity index (χ3v) is 12.9. The summed E-state index contributed by atoms with van der Waals surface area (Å²) in [6.45, 7) is 0. The Morgan fingerprint density at radius 2 is 0.600 bits per heavy atom. The van der Waals surface area contributed by atoms with E-state index < -0.39 is 5.41 Å². The van der Waals surface area contributed by atoms with Crippen molar-refractivity contribution in [3.63, 3.8) is 0 Å². The summed E-state index contributed by atoms with van der Waals surface area (Å²) in [6, 6.07) is 71.7. The fourth-order valence-corrected chi connectivity index (χ4v) is 10.8. The molecule has 10 aromatic rings. The molecular formula is C53H33FS. The fourth-order valence-electron chi connectivity index (χ4n) is 9.24. The smallest absolute Gasteiger partial charge is 0.123 e. The summed E-state index contributed by atoms with van der Waals surface area (Å²) < 4.78 is 14.0. The molecule has 1 aliphatic heterocycles.